The van der Waals surface area contributed by atoms with Gasteiger partial charge in [0.05, 0.1) is 5.56 Å². The van der Waals surface area contributed by atoms with E-state index in [1.165, 1.54) is 19.3 Å². The molecule has 3 heteroatoms. The van der Waals surface area contributed by atoms with Crippen LogP contribution in [-0.4, -0.2) is 11.1 Å². The number of carbonyl (C=O) groups is 1. The third kappa shape index (κ3) is 3.45. The summed E-state index contributed by atoms with van der Waals surface area (Å²) in [6, 6.07) is 11.7. The SMILES string of the molecule is CCCCCCCc1ccc2c(c1C(=O)O)Cc1ccccc1O2. The first-order valence-corrected chi connectivity index (χ1v) is 8.84. The van der Waals surface area contributed by atoms with E-state index >= 15 is 0 Å². The summed E-state index contributed by atoms with van der Waals surface area (Å²) in [6.07, 6.45) is 7.33. The quantitative estimate of drug-likeness (QED) is 0.576. The van der Waals surface area contributed by atoms with Crippen LogP contribution < -0.4 is 4.74 Å². The molecule has 1 N–H and O–H groups in total. The number of aromatic carboxylic acids is 1. The molecule has 3 rings (SSSR count). The second-order valence-electron chi connectivity index (χ2n) is 6.43. The van der Waals surface area contributed by atoms with Crippen LogP contribution in [-0.2, 0) is 12.8 Å². The second-order valence-corrected chi connectivity index (χ2v) is 6.43. The van der Waals surface area contributed by atoms with E-state index in [0.717, 1.165) is 41.7 Å². The molecule has 2 aromatic carbocycles. The Kier molecular flexibility index (Phi) is 5.19. The minimum atomic E-state index is -0.849. The molecule has 0 radical (unpaired) electrons. The van der Waals surface area contributed by atoms with Gasteiger partial charge in [-0.2, -0.15) is 0 Å². The Balaban J connectivity index is 1.84. The molecule has 0 atom stereocenters. The number of para-hydroxylation sites is 1. The van der Waals surface area contributed by atoms with Crippen molar-refractivity contribution >= 4 is 5.97 Å². The number of unbranched alkanes of at least 4 members (excludes halogenated alkanes) is 4. The number of benzene rings is 2. The molecule has 0 amide bonds. The van der Waals surface area contributed by atoms with Crippen LogP contribution in [0.1, 0.15) is 66.1 Å². The van der Waals surface area contributed by atoms with Gasteiger partial charge in [-0.25, -0.2) is 4.79 Å². The number of ether oxygens (including phenoxy) is 1. The summed E-state index contributed by atoms with van der Waals surface area (Å²) in [4.78, 5) is 11.9. The molecule has 0 bridgehead atoms. The summed E-state index contributed by atoms with van der Waals surface area (Å²) in [7, 11) is 0. The zero-order valence-electron chi connectivity index (χ0n) is 14.2. The Morgan fingerprint density at radius 3 is 2.62 bits per heavy atom. The highest BCUT2D eigenvalue weighted by atomic mass is 16.5. The maximum absolute atomic E-state index is 11.9. The first kappa shape index (κ1) is 16.6. The van der Waals surface area contributed by atoms with Gasteiger partial charge in [0.25, 0.3) is 0 Å². The Bertz CT molecular complexity index is 734. The molecule has 126 valence electrons. The molecule has 1 heterocycles. The van der Waals surface area contributed by atoms with Crippen LogP contribution in [0.5, 0.6) is 11.5 Å². The van der Waals surface area contributed by atoms with Gasteiger partial charge in [-0.15, -0.1) is 0 Å². The minimum Gasteiger partial charge on any atom is -0.478 e. The van der Waals surface area contributed by atoms with Gasteiger partial charge >= 0.3 is 5.97 Å². The van der Waals surface area contributed by atoms with Gasteiger partial charge in [0.15, 0.2) is 0 Å². The number of fused-ring (bicyclic) bond motifs is 2. The van der Waals surface area contributed by atoms with Crippen molar-refractivity contribution in [2.45, 2.75) is 51.9 Å². The third-order valence-corrected chi connectivity index (χ3v) is 4.68. The fourth-order valence-electron chi connectivity index (χ4n) is 3.40. The van der Waals surface area contributed by atoms with Crippen molar-refractivity contribution in [2.75, 3.05) is 0 Å². The summed E-state index contributed by atoms with van der Waals surface area (Å²) >= 11 is 0. The molecule has 0 aliphatic carbocycles. The minimum absolute atomic E-state index is 0.442. The first-order chi connectivity index (χ1) is 11.7. The molecule has 1 aliphatic rings. The van der Waals surface area contributed by atoms with Gasteiger partial charge in [0.2, 0.25) is 0 Å². The maximum Gasteiger partial charge on any atom is 0.336 e. The molecule has 1 aliphatic heterocycles. The van der Waals surface area contributed by atoms with Crippen molar-refractivity contribution in [3.63, 3.8) is 0 Å². The van der Waals surface area contributed by atoms with E-state index in [0.29, 0.717) is 17.7 Å². The Hall–Kier alpha value is -2.29. The normalized spacial score (nSPS) is 12.2. The predicted octanol–water partition coefficient (Wildman–Crippen LogP) is 5.59. The second kappa shape index (κ2) is 7.52. The van der Waals surface area contributed by atoms with E-state index in [-0.39, 0.29) is 0 Å². The van der Waals surface area contributed by atoms with E-state index < -0.39 is 5.97 Å². The zero-order valence-corrected chi connectivity index (χ0v) is 14.2. The Morgan fingerprint density at radius 2 is 1.83 bits per heavy atom. The fourth-order valence-corrected chi connectivity index (χ4v) is 3.40. The molecule has 0 unspecified atom stereocenters. The molecule has 0 fully saturated rings. The van der Waals surface area contributed by atoms with Crippen molar-refractivity contribution in [1.29, 1.82) is 0 Å². The van der Waals surface area contributed by atoms with Crippen LogP contribution in [0.15, 0.2) is 36.4 Å². The van der Waals surface area contributed by atoms with Crippen molar-refractivity contribution < 1.29 is 14.6 Å². The molecule has 0 saturated carbocycles. The lowest BCUT2D eigenvalue weighted by Crippen LogP contribution is -2.12. The van der Waals surface area contributed by atoms with Crippen molar-refractivity contribution in [3.05, 3.63) is 58.7 Å². The molecule has 3 nitrogen and oxygen atoms in total. The van der Waals surface area contributed by atoms with Crippen LogP contribution in [0.25, 0.3) is 0 Å². The Morgan fingerprint density at radius 1 is 1.04 bits per heavy atom. The summed E-state index contributed by atoms with van der Waals surface area (Å²) < 4.78 is 5.92. The zero-order chi connectivity index (χ0) is 16.9. The monoisotopic (exact) mass is 324 g/mol. The molecule has 0 saturated heterocycles. The topological polar surface area (TPSA) is 46.5 Å². The van der Waals surface area contributed by atoms with Gasteiger partial charge in [-0.05, 0) is 36.1 Å². The van der Waals surface area contributed by atoms with E-state index in [1.54, 1.807) is 0 Å². The van der Waals surface area contributed by atoms with Crippen LogP contribution >= 0.6 is 0 Å². The molecular weight excluding hydrogens is 300 g/mol. The highest BCUT2D eigenvalue weighted by Gasteiger charge is 2.24. The number of hydrogen-bond acceptors (Lipinski definition) is 2. The van der Waals surface area contributed by atoms with Crippen LogP contribution in [0.4, 0.5) is 0 Å². The summed E-state index contributed by atoms with van der Waals surface area (Å²) in [6.45, 7) is 2.20. The average molecular weight is 324 g/mol. The highest BCUT2D eigenvalue weighted by Crippen LogP contribution is 2.39. The van der Waals surface area contributed by atoms with Gasteiger partial charge in [-0.3, -0.25) is 0 Å². The van der Waals surface area contributed by atoms with Crippen LogP contribution in [0, 0.1) is 0 Å². The maximum atomic E-state index is 11.9. The standard InChI is InChI=1S/C21H24O3/c1-2-3-4-5-6-9-15-12-13-19-17(20(15)21(22)23)14-16-10-7-8-11-18(16)24-19/h7-8,10-13H,2-6,9,14H2,1H3,(H,22,23). The summed E-state index contributed by atoms with van der Waals surface area (Å²) in [5.41, 5.74) is 3.23. The van der Waals surface area contributed by atoms with E-state index in [2.05, 4.69) is 6.92 Å². The summed E-state index contributed by atoms with van der Waals surface area (Å²) in [5, 5.41) is 9.75. The number of carboxylic acid groups (broad SMARTS) is 1. The van der Waals surface area contributed by atoms with E-state index in [1.807, 2.05) is 36.4 Å². The lowest BCUT2D eigenvalue weighted by Gasteiger charge is -2.23. The molecule has 2 aromatic rings. The number of carboxylic acids is 1. The summed E-state index contributed by atoms with van der Waals surface area (Å²) in [5.74, 6) is 0.660. The fraction of sp³-hybridized carbons (Fsp3) is 0.381. The lowest BCUT2D eigenvalue weighted by molar-refractivity contribution is 0.0694. The van der Waals surface area contributed by atoms with Crippen LogP contribution in [0.3, 0.4) is 0 Å². The van der Waals surface area contributed by atoms with Crippen molar-refractivity contribution in [1.82, 2.24) is 0 Å². The van der Waals surface area contributed by atoms with Crippen molar-refractivity contribution in [2.24, 2.45) is 0 Å². The van der Waals surface area contributed by atoms with Crippen LogP contribution in [0.2, 0.25) is 0 Å². The number of aryl methyl sites for hydroxylation is 1. The smallest absolute Gasteiger partial charge is 0.336 e. The molecular formula is C21H24O3. The first-order valence-electron chi connectivity index (χ1n) is 8.84. The molecule has 0 spiro atoms. The highest BCUT2D eigenvalue weighted by molar-refractivity contribution is 5.92. The largest absolute Gasteiger partial charge is 0.478 e. The van der Waals surface area contributed by atoms with Gasteiger partial charge in [0, 0.05) is 12.0 Å². The predicted molar refractivity (Wildman–Crippen MR) is 95.2 cm³/mol. The van der Waals surface area contributed by atoms with Gasteiger partial charge < -0.3 is 9.84 Å². The number of hydrogen-bond donors (Lipinski definition) is 1. The Labute approximate surface area is 143 Å². The van der Waals surface area contributed by atoms with E-state index in [4.69, 9.17) is 4.74 Å². The average Bonchev–Trinajstić information content (AvgIpc) is 2.59. The number of rotatable bonds is 7. The van der Waals surface area contributed by atoms with E-state index in [9.17, 15) is 9.90 Å². The van der Waals surface area contributed by atoms with Gasteiger partial charge in [-0.1, -0.05) is 56.9 Å². The lowest BCUT2D eigenvalue weighted by atomic mass is 9.90. The molecule has 0 aromatic heterocycles. The van der Waals surface area contributed by atoms with Gasteiger partial charge in [0.1, 0.15) is 11.5 Å². The molecule has 24 heavy (non-hydrogen) atoms. The third-order valence-electron chi connectivity index (χ3n) is 4.68. The van der Waals surface area contributed by atoms with Crippen molar-refractivity contribution in [3.8, 4) is 11.5 Å².